The van der Waals surface area contributed by atoms with E-state index < -0.39 is 0 Å². The highest BCUT2D eigenvalue weighted by Gasteiger charge is 2.13. The maximum Gasteiger partial charge on any atom is 0.127 e. The molecule has 0 aliphatic carbocycles. The van der Waals surface area contributed by atoms with E-state index in [-0.39, 0.29) is 6.04 Å². The summed E-state index contributed by atoms with van der Waals surface area (Å²) in [4.78, 5) is 11.4. The molecule has 3 rings (SSSR count). The van der Waals surface area contributed by atoms with E-state index in [1.165, 1.54) is 0 Å². The first-order valence-corrected chi connectivity index (χ1v) is 5.44. The van der Waals surface area contributed by atoms with Gasteiger partial charge in [0.15, 0.2) is 0 Å². The molecule has 84 valence electrons. The summed E-state index contributed by atoms with van der Waals surface area (Å²) in [6.07, 6.45) is 7.11. The van der Waals surface area contributed by atoms with Crippen LogP contribution in [0.25, 0.3) is 10.8 Å². The first-order valence-electron chi connectivity index (χ1n) is 5.44. The summed E-state index contributed by atoms with van der Waals surface area (Å²) in [5.74, 6) is 0.773. The van der Waals surface area contributed by atoms with E-state index in [1.807, 2.05) is 30.5 Å². The minimum absolute atomic E-state index is 0.240. The third-order valence-electron chi connectivity index (χ3n) is 2.86. The Labute approximate surface area is 98.5 Å². The summed E-state index contributed by atoms with van der Waals surface area (Å²) in [7, 11) is 0. The number of rotatable bonds is 2. The van der Waals surface area contributed by atoms with Crippen LogP contribution in [0.1, 0.15) is 17.4 Å². The molecule has 0 fully saturated rings. The number of pyridine rings is 1. The molecule has 2 aromatic heterocycles. The molecule has 17 heavy (non-hydrogen) atoms. The van der Waals surface area contributed by atoms with Crippen LogP contribution in [0.3, 0.4) is 0 Å². The molecule has 0 amide bonds. The van der Waals surface area contributed by atoms with Gasteiger partial charge in [-0.15, -0.1) is 0 Å². The summed E-state index contributed by atoms with van der Waals surface area (Å²) in [6, 6.07) is 7.78. The van der Waals surface area contributed by atoms with E-state index in [1.54, 1.807) is 18.6 Å². The normalized spacial score (nSPS) is 12.8. The van der Waals surface area contributed by atoms with Crippen LogP contribution < -0.4 is 5.73 Å². The average molecular weight is 224 g/mol. The van der Waals surface area contributed by atoms with Gasteiger partial charge in [-0.25, -0.2) is 4.98 Å². The van der Waals surface area contributed by atoms with Gasteiger partial charge in [-0.05, 0) is 17.0 Å². The second-order valence-corrected chi connectivity index (χ2v) is 3.90. The van der Waals surface area contributed by atoms with Crippen LogP contribution in [-0.2, 0) is 0 Å². The Balaban J connectivity index is 2.17. The van der Waals surface area contributed by atoms with Crippen LogP contribution in [0, 0.1) is 0 Å². The monoisotopic (exact) mass is 224 g/mol. The van der Waals surface area contributed by atoms with E-state index in [4.69, 9.17) is 5.73 Å². The van der Waals surface area contributed by atoms with Crippen molar-refractivity contribution in [3.8, 4) is 0 Å². The first-order chi connectivity index (χ1) is 8.36. The van der Waals surface area contributed by atoms with Gasteiger partial charge in [0.25, 0.3) is 0 Å². The SMILES string of the molecule is NC(c1ncc[nH]1)c1cccc2cnccc12. The number of aromatic amines is 1. The number of H-pyrrole nitrogens is 1. The first kappa shape index (κ1) is 9.99. The van der Waals surface area contributed by atoms with Gasteiger partial charge in [0.2, 0.25) is 0 Å². The smallest absolute Gasteiger partial charge is 0.127 e. The maximum absolute atomic E-state index is 6.21. The molecule has 0 bridgehead atoms. The largest absolute Gasteiger partial charge is 0.347 e. The summed E-state index contributed by atoms with van der Waals surface area (Å²) in [5.41, 5.74) is 7.27. The number of nitrogens with zero attached hydrogens (tertiary/aromatic N) is 2. The van der Waals surface area contributed by atoms with Crippen molar-refractivity contribution in [3.05, 3.63) is 60.4 Å². The van der Waals surface area contributed by atoms with Gasteiger partial charge in [0, 0.05) is 30.2 Å². The second kappa shape index (κ2) is 3.99. The Morgan fingerprint density at radius 1 is 1.18 bits per heavy atom. The van der Waals surface area contributed by atoms with Crippen molar-refractivity contribution in [3.63, 3.8) is 0 Å². The van der Waals surface area contributed by atoms with Crippen LogP contribution in [0.15, 0.2) is 49.1 Å². The number of fused-ring (bicyclic) bond motifs is 1. The van der Waals surface area contributed by atoms with Gasteiger partial charge in [-0.2, -0.15) is 0 Å². The fourth-order valence-corrected chi connectivity index (χ4v) is 2.01. The lowest BCUT2D eigenvalue weighted by atomic mass is 10.0. The van der Waals surface area contributed by atoms with Crippen LogP contribution in [0.5, 0.6) is 0 Å². The Hall–Kier alpha value is -2.20. The topological polar surface area (TPSA) is 67.6 Å². The summed E-state index contributed by atoms with van der Waals surface area (Å²) >= 11 is 0. The fourth-order valence-electron chi connectivity index (χ4n) is 2.01. The van der Waals surface area contributed by atoms with Gasteiger partial charge >= 0.3 is 0 Å². The highest BCUT2D eigenvalue weighted by Crippen LogP contribution is 2.24. The van der Waals surface area contributed by atoms with E-state index in [9.17, 15) is 0 Å². The van der Waals surface area contributed by atoms with Crippen molar-refractivity contribution in [2.24, 2.45) is 5.73 Å². The van der Waals surface area contributed by atoms with Crippen molar-refractivity contribution < 1.29 is 0 Å². The maximum atomic E-state index is 6.21. The molecule has 0 saturated heterocycles. The van der Waals surface area contributed by atoms with Gasteiger partial charge in [-0.3, -0.25) is 4.98 Å². The number of nitrogens with two attached hydrogens (primary N) is 1. The molecule has 0 saturated carbocycles. The molecule has 4 nitrogen and oxygen atoms in total. The zero-order valence-electron chi connectivity index (χ0n) is 9.17. The van der Waals surface area contributed by atoms with E-state index >= 15 is 0 Å². The lowest BCUT2D eigenvalue weighted by molar-refractivity contribution is 0.807. The molecular weight excluding hydrogens is 212 g/mol. The number of hydrogen-bond donors (Lipinski definition) is 2. The number of imidazole rings is 1. The highest BCUT2D eigenvalue weighted by molar-refractivity contribution is 5.85. The van der Waals surface area contributed by atoms with E-state index in [0.29, 0.717) is 0 Å². The molecule has 0 radical (unpaired) electrons. The molecule has 1 aromatic carbocycles. The Morgan fingerprint density at radius 2 is 2.12 bits per heavy atom. The van der Waals surface area contributed by atoms with Gasteiger partial charge in [-0.1, -0.05) is 18.2 Å². The van der Waals surface area contributed by atoms with E-state index in [0.717, 1.165) is 22.2 Å². The molecule has 4 heteroatoms. The summed E-state index contributed by atoms with van der Waals surface area (Å²) < 4.78 is 0. The van der Waals surface area contributed by atoms with Gasteiger partial charge < -0.3 is 10.7 Å². The summed E-state index contributed by atoms with van der Waals surface area (Å²) in [6.45, 7) is 0. The van der Waals surface area contributed by atoms with Crippen LogP contribution in [0.2, 0.25) is 0 Å². The molecule has 1 unspecified atom stereocenters. The van der Waals surface area contributed by atoms with Crippen LogP contribution >= 0.6 is 0 Å². The number of benzene rings is 1. The second-order valence-electron chi connectivity index (χ2n) is 3.90. The average Bonchev–Trinajstić information content (AvgIpc) is 2.91. The third-order valence-corrected chi connectivity index (χ3v) is 2.86. The molecule has 0 aliphatic rings. The standard InChI is InChI=1S/C13H12N4/c14-12(13-16-6-7-17-13)11-3-1-2-9-8-15-5-4-10(9)11/h1-8,12H,14H2,(H,16,17). The zero-order chi connectivity index (χ0) is 11.7. The lowest BCUT2D eigenvalue weighted by Gasteiger charge is -2.12. The Morgan fingerprint density at radius 3 is 2.94 bits per heavy atom. The van der Waals surface area contributed by atoms with Crippen molar-refractivity contribution in [2.75, 3.05) is 0 Å². The Bertz CT molecular complexity index is 625. The molecule has 3 aromatic rings. The number of hydrogen-bond acceptors (Lipinski definition) is 3. The molecular formula is C13H12N4. The molecule has 0 aliphatic heterocycles. The van der Waals surface area contributed by atoms with Gasteiger partial charge in [0.1, 0.15) is 5.82 Å². The van der Waals surface area contributed by atoms with E-state index in [2.05, 4.69) is 15.0 Å². The van der Waals surface area contributed by atoms with Gasteiger partial charge in [0.05, 0.1) is 6.04 Å². The predicted molar refractivity (Wildman–Crippen MR) is 66.4 cm³/mol. The molecule has 3 N–H and O–H groups in total. The van der Waals surface area contributed by atoms with Crippen molar-refractivity contribution in [1.29, 1.82) is 0 Å². The molecule has 2 heterocycles. The minimum atomic E-state index is -0.240. The van der Waals surface area contributed by atoms with Crippen LogP contribution in [-0.4, -0.2) is 15.0 Å². The third kappa shape index (κ3) is 1.68. The minimum Gasteiger partial charge on any atom is -0.347 e. The highest BCUT2D eigenvalue weighted by atomic mass is 14.9. The van der Waals surface area contributed by atoms with Crippen molar-refractivity contribution in [1.82, 2.24) is 15.0 Å². The zero-order valence-corrected chi connectivity index (χ0v) is 9.17. The van der Waals surface area contributed by atoms with Crippen LogP contribution in [0.4, 0.5) is 0 Å². The molecule has 1 atom stereocenters. The quantitative estimate of drug-likeness (QED) is 0.699. The summed E-state index contributed by atoms with van der Waals surface area (Å²) in [5, 5.41) is 2.21. The predicted octanol–water partition coefficient (Wildman–Crippen LogP) is 2.01. The Kier molecular flexibility index (Phi) is 2.34. The van der Waals surface area contributed by atoms with Crippen molar-refractivity contribution in [2.45, 2.75) is 6.04 Å². The van der Waals surface area contributed by atoms with Crippen molar-refractivity contribution >= 4 is 10.8 Å². The number of aromatic nitrogens is 3. The number of nitrogens with one attached hydrogen (secondary N) is 1. The fraction of sp³-hybridized carbons (Fsp3) is 0.0769. The molecule has 0 spiro atoms. The lowest BCUT2D eigenvalue weighted by Crippen LogP contribution is -2.13.